The van der Waals surface area contributed by atoms with E-state index < -0.39 is 0 Å². The van der Waals surface area contributed by atoms with E-state index in [9.17, 15) is 0 Å². The minimum Gasteiger partial charge on any atom is -0.502 e. The number of nitrogens with two attached hydrogens (primary N) is 1. The lowest BCUT2D eigenvalue weighted by Crippen LogP contribution is -2.46. The van der Waals surface area contributed by atoms with Crippen molar-refractivity contribution in [2.24, 2.45) is 15.8 Å². The summed E-state index contributed by atoms with van der Waals surface area (Å²) in [6.07, 6.45) is 5.83. The Morgan fingerprint density at radius 2 is 2.36 bits per heavy atom. The van der Waals surface area contributed by atoms with Gasteiger partial charge in [-0.2, -0.15) is 10.8 Å². The third-order valence-corrected chi connectivity index (χ3v) is 1.52. The fourth-order valence-corrected chi connectivity index (χ4v) is 0.987. The van der Waals surface area contributed by atoms with Crippen molar-refractivity contribution in [3.63, 3.8) is 0 Å². The van der Waals surface area contributed by atoms with Crippen LogP contribution in [0.3, 0.4) is 0 Å². The lowest BCUT2D eigenvalue weighted by atomic mass is 10.4. The van der Waals surface area contributed by atoms with Crippen LogP contribution in [-0.2, 0) is 0 Å². The summed E-state index contributed by atoms with van der Waals surface area (Å²) in [5, 5.41) is 9.05. The highest BCUT2D eigenvalue weighted by Crippen LogP contribution is 2.20. The molecule has 2 rings (SSSR count). The Labute approximate surface area is 63.0 Å². The number of fused-ring (bicyclic) bond motifs is 1. The summed E-state index contributed by atoms with van der Waals surface area (Å²) in [5.74, 6) is 6.38. The molecular weight excluding hydrogens is 144 g/mol. The number of allylic oxidation sites excluding steroid dienone is 1. The average molecular weight is 151 g/mol. The predicted molar refractivity (Wildman–Crippen MR) is 40.2 cm³/mol. The molecule has 56 valence electrons. The van der Waals surface area contributed by atoms with Gasteiger partial charge in [-0.05, 0) is 0 Å². The third-order valence-electron chi connectivity index (χ3n) is 1.52. The van der Waals surface area contributed by atoms with Crippen molar-refractivity contribution in [2.75, 3.05) is 0 Å². The minimum atomic E-state index is -0.137. The maximum Gasteiger partial charge on any atom is 0.276 e. The Kier molecular flexibility index (Phi) is 1.01. The molecule has 1 unspecified atom stereocenters. The van der Waals surface area contributed by atoms with Gasteiger partial charge in [-0.3, -0.25) is 0 Å². The number of nitrogens with zero attached hydrogens (tertiary/aromatic N) is 3. The number of hydrogen-bond acceptors (Lipinski definition) is 4. The van der Waals surface area contributed by atoms with E-state index in [4.69, 9.17) is 10.9 Å². The largest absolute Gasteiger partial charge is 0.502 e. The Morgan fingerprint density at radius 3 is 3.18 bits per heavy atom. The number of rotatable bonds is 0. The van der Waals surface area contributed by atoms with Crippen molar-refractivity contribution in [2.45, 2.75) is 0 Å². The molecule has 1 atom stereocenters. The molecule has 0 spiro atoms. The van der Waals surface area contributed by atoms with Crippen LogP contribution < -0.4 is 5.84 Å². The highest BCUT2D eigenvalue weighted by atomic mass is 16.3. The molecule has 11 heavy (non-hydrogen) atoms. The van der Waals surface area contributed by atoms with E-state index in [1.165, 1.54) is 18.8 Å². The second kappa shape index (κ2) is 1.77. The van der Waals surface area contributed by atoms with E-state index in [0.29, 0.717) is 5.82 Å². The lowest BCUT2D eigenvalue weighted by molar-refractivity contribution is -0.752. The van der Waals surface area contributed by atoms with Gasteiger partial charge in [-0.25, -0.2) is 4.99 Å². The molecule has 2 aliphatic heterocycles. The topological polar surface area (TPSA) is 71.0 Å². The molecular formula is C6H7N4O+. The first kappa shape index (κ1) is 6.26. The molecule has 2 heterocycles. The Bertz CT molecular complexity index is 315. The maximum atomic E-state index is 9.05. The number of quaternary nitrogens is 1. The molecule has 0 aromatic heterocycles. The molecule has 0 saturated carbocycles. The molecule has 5 nitrogen and oxygen atoms in total. The van der Waals surface area contributed by atoms with Crippen LogP contribution in [0, 0.1) is 0 Å². The van der Waals surface area contributed by atoms with Crippen molar-refractivity contribution >= 4 is 12.6 Å². The summed E-state index contributed by atoms with van der Waals surface area (Å²) in [4.78, 5) is 7.71. The molecule has 0 aromatic rings. The van der Waals surface area contributed by atoms with E-state index in [1.54, 1.807) is 6.20 Å². The van der Waals surface area contributed by atoms with Gasteiger partial charge in [0.15, 0.2) is 12.0 Å². The van der Waals surface area contributed by atoms with Gasteiger partial charge in [0, 0.05) is 0 Å². The zero-order valence-corrected chi connectivity index (χ0v) is 5.68. The molecule has 0 aromatic carbocycles. The van der Waals surface area contributed by atoms with Crippen molar-refractivity contribution in [3.05, 3.63) is 24.0 Å². The third kappa shape index (κ3) is 0.787. The van der Waals surface area contributed by atoms with Crippen molar-refractivity contribution < 1.29 is 9.70 Å². The van der Waals surface area contributed by atoms with Crippen LogP contribution in [0.5, 0.6) is 0 Å². The first-order valence-corrected chi connectivity index (χ1v) is 3.09. The summed E-state index contributed by atoms with van der Waals surface area (Å²) in [5.41, 5.74) is 0. The fraction of sp³-hybridized carbons (Fsp3) is 0. The first-order valence-electron chi connectivity index (χ1n) is 3.09. The normalized spacial score (nSPS) is 33.2. The van der Waals surface area contributed by atoms with E-state index >= 15 is 0 Å². The number of aliphatic hydroxyl groups is 1. The molecule has 0 amide bonds. The van der Waals surface area contributed by atoms with Gasteiger partial charge in [-0.1, -0.05) is 0 Å². The lowest BCUT2D eigenvalue weighted by Gasteiger charge is -2.20. The highest BCUT2D eigenvalue weighted by molar-refractivity contribution is 5.77. The van der Waals surface area contributed by atoms with E-state index in [2.05, 4.69) is 9.98 Å². The van der Waals surface area contributed by atoms with Gasteiger partial charge in [0.25, 0.3) is 5.82 Å². The number of aliphatic imine (C=N–C) groups is 2. The molecule has 0 radical (unpaired) electrons. The Balaban J connectivity index is 2.51. The highest BCUT2D eigenvalue weighted by Gasteiger charge is 2.32. The number of aliphatic hydroxyl groups excluding tert-OH is 1. The van der Waals surface area contributed by atoms with Gasteiger partial charge in [0.2, 0.25) is 6.34 Å². The van der Waals surface area contributed by atoms with Crippen molar-refractivity contribution in [3.8, 4) is 0 Å². The van der Waals surface area contributed by atoms with Crippen LogP contribution in [0.4, 0.5) is 0 Å². The van der Waals surface area contributed by atoms with Crippen LogP contribution in [0.25, 0.3) is 0 Å². The van der Waals surface area contributed by atoms with E-state index in [-0.39, 0.29) is 10.4 Å². The van der Waals surface area contributed by atoms with Crippen LogP contribution in [0.15, 0.2) is 34.0 Å². The standard InChI is InChI=1S/C6H6N4O/c7-10-3-5(11)1-9-6(10)2-8-4-10/h1-4H,7H2/p+1. The Hall–Kier alpha value is -1.46. The Morgan fingerprint density at radius 1 is 1.55 bits per heavy atom. The second-order valence-corrected chi connectivity index (χ2v) is 2.40. The molecule has 0 aliphatic carbocycles. The molecule has 0 fully saturated rings. The molecule has 0 bridgehead atoms. The van der Waals surface area contributed by atoms with Crippen LogP contribution >= 0.6 is 0 Å². The monoisotopic (exact) mass is 151 g/mol. The van der Waals surface area contributed by atoms with Gasteiger partial charge in [0.05, 0.1) is 6.21 Å². The summed E-state index contributed by atoms with van der Waals surface area (Å²) in [6.45, 7) is 0. The molecule has 0 saturated heterocycles. The van der Waals surface area contributed by atoms with E-state index in [1.807, 2.05) is 0 Å². The zero-order chi connectivity index (χ0) is 7.90. The molecule has 2 aliphatic rings. The van der Waals surface area contributed by atoms with Crippen molar-refractivity contribution in [1.82, 2.24) is 0 Å². The number of hydrogen-bond donors (Lipinski definition) is 2. The molecule has 3 N–H and O–H groups in total. The summed E-state index contributed by atoms with van der Waals surface area (Å²) < 4.78 is -0.137. The first-order chi connectivity index (χ1) is 5.21. The van der Waals surface area contributed by atoms with Gasteiger partial charge in [0.1, 0.15) is 6.20 Å². The fourth-order valence-electron chi connectivity index (χ4n) is 0.987. The smallest absolute Gasteiger partial charge is 0.276 e. The van der Waals surface area contributed by atoms with Gasteiger partial charge >= 0.3 is 0 Å². The van der Waals surface area contributed by atoms with Gasteiger partial charge < -0.3 is 5.11 Å². The minimum absolute atomic E-state index is 0.0537. The second-order valence-electron chi connectivity index (χ2n) is 2.40. The summed E-state index contributed by atoms with van der Waals surface area (Å²) >= 11 is 0. The van der Waals surface area contributed by atoms with Gasteiger partial charge in [-0.15, -0.1) is 4.59 Å². The van der Waals surface area contributed by atoms with E-state index in [0.717, 1.165) is 0 Å². The van der Waals surface area contributed by atoms with Crippen molar-refractivity contribution in [1.29, 1.82) is 0 Å². The zero-order valence-electron chi connectivity index (χ0n) is 5.68. The average Bonchev–Trinajstić information content (AvgIpc) is 2.28. The predicted octanol–water partition coefficient (Wildman–Crippen LogP) is 0.00150. The molecule has 5 heteroatoms. The SMILES string of the molecule is N[N+]12C=NC=C1N=CC(O)=C2. The maximum absolute atomic E-state index is 9.05. The summed E-state index contributed by atoms with van der Waals surface area (Å²) in [6, 6.07) is 0. The van der Waals surface area contributed by atoms with Crippen LogP contribution in [0.1, 0.15) is 0 Å². The van der Waals surface area contributed by atoms with Crippen LogP contribution in [0.2, 0.25) is 0 Å². The summed E-state index contributed by atoms with van der Waals surface area (Å²) in [7, 11) is 0. The van der Waals surface area contributed by atoms with Crippen LogP contribution in [-0.4, -0.2) is 22.3 Å². The quantitative estimate of drug-likeness (QED) is 0.378.